The molecule has 1 aromatic carbocycles. The van der Waals surface area contributed by atoms with Crippen molar-refractivity contribution in [1.29, 1.82) is 0 Å². The number of anilines is 1. The second-order valence-electron chi connectivity index (χ2n) is 4.96. The average Bonchev–Trinajstić information content (AvgIpc) is 2.45. The van der Waals surface area contributed by atoms with E-state index in [2.05, 4.69) is 5.32 Å². The predicted molar refractivity (Wildman–Crippen MR) is 72.8 cm³/mol. The molecule has 0 aromatic heterocycles. The minimum atomic E-state index is -0.281. The molecule has 98 valence electrons. The molecule has 3 nitrogen and oxygen atoms in total. The molecule has 0 radical (unpaired) electrons. The van der Waals surface area contributed by atoms with E-state index in [1.807, 2.05) is 18.2 Å². The molecule has 0 unspecified atom stereocenters. The molecule has 1 saturated carbocycles. The van der Waals surface area contributed by atoms with E-state index < -0.39 is 0 Å². The summed E-state index contributed by atoms with van der Waals surface area (Å²) in [6.45, 7) is 1.00. The lowest BCUT2D eigenvalue weighted by atomic mass is 9.89. The molecule has 0 heterocycles. The van der Waals surface area contributed by atoms with E-state index in [0.29, 0.717) is 5.56 Å². The van der Waals surface area contributed by atoms with Crippen LogP contribution in [0.2, 0.25) is 0 Å². The van der Waals surface area contributed by atoms with Crippen molar-refractivity contribution in [3.63, 3.8) is 0 Å². The zero-order valence-corrected chi connectivity index (χ0v) is 10.9. The molecule has 0 saturated heterocycles. The van der Waals surface area contributed by atoms with Crippen molar-refractivity contribution < 1.29 is 9.53 Å². The number of carbonyl (C=O) groups excluding carboxylic acids is 1. The van der Waals surface area contributed by atoms with Gasteiger partial charge in [0, 0.05) is 12.2 Å². The van der Waals surface area contributed by atoms with Crippen LogP contribution in [-0.2, 0) is 4.74 Å². The van der Waals surface area contributed by atoms with E-state index in [1.165, 1.54) is 39.2 Å². The standard InChI is InChI=1S/C15H21NO2/c1-18-15(17)13-8-5-9-14(10-13)16-11-12-6-3-2-4-7-12/h5,8-10,12,16H,2-4,6-7,11H2,1H3. The molecule has 18 heavy (non-hydrogen) atoms. The Morgan fingerprint density at radius 3 is 2.83 bits per heavy atom. The van der Waals surface area contributed by atoms with Gasteiger partial charge in [-0.1, -0.05) is 25.3 Å². The minimum absolute atomic E-state index is 0.281. The fourth-order valence-corrected chi connectivity index (χ4v) is 2.53. The Hall–Kier alpha value is -1.51. The Morgan fingerprint density at radius 1 is 1.33 bits per heavy atom. The molecule has 1 aliphatic rings. The zero-order valence-electron chi connectivity index (χ0n) is 10.9. The third-order valence-electron chi connectivity index (χ3n) is 3.60. The number of nitrogens with one attached hydrogen (secondary N) is 1. The van der Waals surface area contributed by atoms with Gasteiger partial charge in [0.25, 0.3) is 0 Å². The summed E-state index contributed by atoms with van der Waals surface area (Å²) in [5, 5.41) is 3.43. The van der Waals surface area contributed by atoms with E-state index in [4.69, 9.17) is 4.74 Å². The van der Waals surface area contributed by atoms with Gasteiger partial charge in [-0.3, -0.25) is 0 Å². The first kappa shape index (κ1) is 12.9. The molecular formula is C15H21NO2. The van der Waals surface area contributed by atoms with Crippen molar-refractivity contribution in [3.05, 3.63) is 29.8 Å². The van der Waals surface area contributed by atoms with E-state index in [-0.39, 0.29) is 5.97 Å². The first-order valence-electron chi connectivity index (χ1n) is 6.72. The van der Waals surface area contributed by atoms with Crippen LogP contribution in [0.4, 0.5) is 5.69 Å². The van der Waals surface area contributed by atoms with Gasteiger partial charge in [-0.25, -0.2) is 4.79 Å². The number of rotatable bonds is 4. The van der Waals surface area contributed by atoms with Crippen LogP contribution < -0.4 is 5.32 Å². The topological polar surface area (TPSA) is 38.3 Å². The Kier molecular flexibility index (Phi) is 4.62. The number of methoxy groups -OCH3 is 1. The van der Waals surface area contributed by atoms with Crippen LogP contribution in [0.5, 0.6) is 0 Å². The van der Waals surface area contributed by atoms with Crippen molar-refractivity contribution in [2.24, 2.45) is 5.92 Å². The lowest BCUT2D eigenvalue weighted by molar-refractivity contribution is 0.0601. The van der Waals surface area contributed by atoms with Gasteiger partial charge in [-0.2, -0.15) is 0 Å². The molecular weight excluding hydrogens is 226 g/mol. The van der Waals surface area contributed by atoms with Gasteiger partial charge < -0.3 is 10.1 Å². The van der Waals surface area contributed by atoms with Gasteiger partial charge in [0.1, 0.15) is 0 Å². The highest BCUT2D eigenvalue weighted by Gasteiger charge is 2.13. The molecule has 1 fully saturated rings. The summed E-state index contributed by atoms with van der Waals surface area (Å²) in [4.78, 5) is 11.4. The number of benzene rings is 1. The molecule has 0 atom stereocenters. The minimum Gasteiger partial charge on any atom is -0.465 e. The molecule has 2 rings (SSSR count). The highest BCUT2D eigenvalue weighted by Crippen LogP contribution is 2.24. The third-order valence-corrected chi connectivity index (χ3v) is 3.60. The van der Waals surface area contributed by atoms with E-state index in [9.17, 15) is 4.79 Å². The van der Waals surface area contributed by atoms with Crippen molar-refractivity contribution >= 4 is 11.7 Å². The molecule has 1 N–H and O–H groups in total. The van der Waals surface area contributed by atoms with E-state index in [0.717, 1.165) is 18.2 Å². The second-order valence-corrected chi connectivity index (χ2v) is 4.96. The van der Waals surface area contributed by atoms with Gasteiger partial charge in [0.05, 0.1) is 12.7 Å². The van der Waals surface area contributed by atoms with Crippen LogP contribution in [0, 0.1) is 5.92 Å². The van der Waals surface area contributed by atoms with E-state index in [1.54, 1.807) is 6.07 Å². The predicted octanol–water partition coefficient (Wildman–Crippen LogP) is 3.47. The normalized spacial score (nSPS) is 16.3. The fraction of sp³-hybridized carbons (Fsp3) is 0.533. The maximum absolute atomic E-state index is 11.4. The first-order valence-corrected chi connectivity index (χ1v) is 6.72. The van der Waals surface area contributed by atoms with Crippen molar-refractivity contribution in [2.75, 3.05) is 19.0 Å². The highest BCUT2D eigenvalue weighted by atomic mass is 16.5. The molecule has 3 heteroatoms. The van der Waals surface area contributed by atoms with Crippen LogP contribution in [0.15, 0.2) is 24.3 Å². The lowest BCUT2D eigenvalue weighted by Gasteiger charge is -2.22. The van der Waals surface area contributed by atoms with Crippen LogP contribution in [0.25, 0.3) is 0 Å². The number of hydrogen-bond acceptors (Lipinski definition) is 3. The first-order chi connectivity index (χ1) is 8.79. The quantitative estimate of drug-likeness (QED) is 0.828. The highest BCUT2D eigenvalue weighted by molar-refractivity contribution is 5.90. The maximum Gasteiger partial charge on any atom is 0.337 e. The summed E-state index contributed by atoms with van der Waals surface area (Å²) in [6, 6.07) is 7.51. The molecule has 1 aliphatic carbocycles. The number of hydrogen-bond donors (Lipinski definition) is 1. The van der Waals surface area contributed by atoms with Crippen molar-refractivity contribution in [3.8, 4) is 0 Å². The summed E-state index contributed by atoms with van der Waals surface area (Å²) in [6.07, 6.45) is 6.74. The summed E-state index contributed by atoms with van der Waals surface area (Å²) in [7, 11) is 1.41. The summed E-state index contributed by atoms with van der Waals surface area (Å²) in [5.74, 6) is 0.497. The van der Waals surface area contributed by atoms with Crippen LogP contribution >= 0.6 is 0 Å². The van der Waals surface area contributed by atoms with Gasteiger partial charge in [-0.15, -0.1) is 0 Å². The summed E-state index contributed by atoms with van der Waals surface area (Å²) < 4.78 is 4.72. The Balaban J connectivity index is 1.90. The van der Waals surface area contributed by atoms with Crippen molar-refractivity contribution in [1.82, 2.24) is 0 Å². The lowest BCUT2D eigenvalue weighted by Crippen LogP contribution is -2.17. The smallest absolute Gasteiger partial charge is 0.337 e. The molecule has 0 bridgehead atoms. The number of ether oxygens (including phenoxy) is 1. The van der Waals surface area contributed by atoms with Gasteiger partial charge >= 0.3 is 5.97 Å². The summed E-state index contributed by atoms with van der Waals surface area (Å²) >= 11 is 0. The average molecular weight is 247 g/mol. The second kappa shape index (κ2) is 6.43. The van der Waals surface area contributed by atoms with Gasteiger partial charge in [-0.05, 0) is 37.0 Å². The monoisotopic (exact) mass is 247 g/mol. The van der Waals surface area contributed by atoms with Crippen LogP contribution in [-0.4, -0.2) is 19.6 Å². The largest absolute Gasteiger partial charge is 0.465 e. The molecule has 0 aliphatic heterocycles. The zero-order chi connectivity index (χ0) is 12.8. The Labute approximate surface area is 109 Å². The SMILES string of the molecule is COC(=O)c1cccc(NCC2CCCCC2)c1. The maximum atomic E-state index is 11.4. The summed E-state index contributed by atoms with van der Waals surface area (Å²) in [5.41, 5.74) is 1.61. The van der Waals surface area contributed by atoms with Crippen molar-refractivity contribution in [2.45, 2.75) is 32.1 Å². The van der Waals surface area contributed by atoms with Gasteiger partial charge in [0.15, 0.2) is 0 Å². The Bertz CT molecular complexity index is 397. The fourth-order valence-electron chi connectivity index (χ4n) is 2.53. The van der Waals surface area contributed by atoms with Crippen LogP contribution in [0.3, 0.4) is 0 Å². The van der Waals surface area contributed by atoms with Gasteiger partial charge in [0.2, 0.25) is 0 Å². The number of esters is 1. The Morgan fingerprint density at radius 2 is 2.11 bits per heavy atom. The van der Waals surface area contributed by atoms with E-state index >= 15 is 0 Å². The molecule has 1 aromatic rings. The third kappa shape index (κ3) is 3.49. The molecule has 0 amide bonds. The molecule has 0 spiro atoms. The number of carbonyl (C=O) groups is 1. The van der Waals surface area contributed by atoms with Crippen LogP contribution in [0.1, 0.15) is 42.5 Å².